The van der Waals surface area contributed by atoms with E-state index in [9.17, 15) is 9.90 Å². The molecule has 1 aliphatic carbocycles. The van der Waals surface area contributed by atoms with Crippen molar-refractivity contribution in [1.82, 2.24) is 5.32 Å². The molecule has 1 fully saturated rings. The minimum absolute atomic E-state index is 0.0450. The number of aromatic hydroxyl groups is 1. The van der Waals surface area contributed by atoms with E-state index in [2.05, 4.69) is 5.32 Å². The third-order valence-corrected chi connectivity index (χ3v) is 3.61. The van der Waals surface area contributed by atoms with E-state index in [-0.39, 0.29) is 17.7 Å². The van der Waals surface area contributed by atoms with Crippen LogP contribution in [0.4, 0.5) is 0 Å². The number of rotatable bonds is 3. The number of hydrogen-bond acceptors (Lipinski definition) is 2. The van der Waals surface area contributed by atoms with E-state index in [1.54, 1.807) is 18.2 Å². The Bertz CT molecular complexity index is 397. The van der Waals surface area contributed by atoms with Crippen molar-refractivity contribution >= 4 is 5.91 Å². The second-order valence-electron chi connectivity index (χ2n) is 4.82. The number of hydrogen-bond donors (Lipinski definition) is 2. The largest absolute Gasteiger partial charge is 0.507 e. The lowest BCUT2D eigenvalue weighted by Crippen LogP contribution is -2.37. The Balaban J connectivity index is 1.99. The zero-order chi connectivity index (χ0) is 12.3. The van der Waals surface area contributed by atoms with Gasteiger partial charge in [0.15, 0.2) is 0 Å². The van der Waals surface area contributed by atoms with E-state index in [1.807, 2.05) is 6.92 Å². The van der Waals surface area contributed by atoms with E-state index in [4.69, 9.17) is 0 Å². The highest BCUT2D eigenvalue weighted by molar-refractivity contribution is 5.96. The van der Waals surface area contributed by atoms with Crippen molar-refractivity contribution < 1.29 is 9.90 Å². The van der Waals surface area contributed by atoms with Gasteiger partial charge in [0, 0.05) is 6.04 Å². The van der Waals surface area contributed by atoms with Gasteiger partial charge in [0.1, 0.15) is 5.75 Å². The summed E-state index contributed by atoms with van der Waals surface area (Å²) in [5, 5.41) is 12.6. The molecule has 2 rings (SSSR count). The second kappa shape index (κ2) is 5.21. The summed E-state index contributed by atoms with van der Waals surface area (Å²) in [5.74, 6) is 0.455. The summed E-state index contributed by atoms with van der Waals surface area (Å²) in [4.78, 5) is 12.0. The van der Waals surface area contributed by atoms with E-state index < -0.39 is 0 Å². The van der Waals surface area contributed by atoms with Crippen LogP contribution in [0, 0.1) is 5.92 Å². The topological polar surface area (TPSA) is 49.3 Å². The van der Waals surface area contributed by atoms with Crippen LogP contribution in [0.15, 0.2) is 24.3 Å². The summed E-state index contributed by atoms with van der Waals surface area (Å²) in [6.45, 7) is 2.05. The van der Waals surface area contributed by atoms with Crippen LogP contribution in [0.2, 0.25) is 0 Å². The Labute approximate surface area is 102 Å². The monoisotopic (exact) mass is 233 g/mol. The maximum Gasteiger partial charge on any atom is 0.255 e. The molecule has 0 radical (unpaired) electrons. The summed E-state index contributed by atoms with van der Waals surface area (Å²) in [7, 11) is 0. The highest BCUT2D eigenvalue weighted by Crippen LogP contribution is 2.27. The van der Waals surface area contributed by atoms with Gasteiger partial charge in [0.2, 0.25) is 0 Å². The highest BCUT2D eigenvalue weighted by atomic mass is 16.3. The number of amides is 1. The zero-order valence-electron chi connectivity index (χ0n) is 10.1. The molecule has 0 aliphatic heterocycles. The van der Waals surface area contributed by atoms with Crippen LogP contribution < -0.4 is 5.32 Å². The number of phenols is 1. The Hall–Kier alpha value is -1.51. The highest BCUT2D eigenvalue weighted by Gasteiger charge is 2.23. The number of phenolic OH excluding ortho intramolecular Hbond substituents is 1. The van der Waals surface area contributed by atoms with Crippen LogP contribution >= 0.6 is 0 Å². The molecule has 0 spiro atoms. The molecular weight excluding hydrogens is 214 g/mol. The van der Waals surface area contributed by atoms with Crippen molar-refractivity contribution in [3.63, 3.8) is 0 Å². The lowest BCUT2D eigenvalue weighted by atomic mass is 9.99. The van der Waals surface area contributed by atoms with E-state index in [0.717, 1.165) is 0 Å². The fraction of sp³-hybridized carbons (Fsp3) is 0.500. The van der Waals surface area contributed by atoms with Gasteiger partial charge < -0.3 is 10.4 Å². The minimum atomic E-state index is -0.178. The predicted octanol–water partition coefficient (Wildman–Crippen LogP) is 2.70. The van der Waals surface area contributed by atoms with Crippen LogP contribution in [0.25, 0.3) is 0 Å². The molecule has 0 heterocycles. The Morgan fingerprint density at radius 3 is 2.65 bits per heavy atom. The van der Waals surface area contributed by atoms with Crippen molar-refractivity contribution in [2.75, 3.05) is 0 Å². The van der Waals surface area contributed by atoms with Crippen molar-refractivity contribution in [2.24, 2.45) is 5.92 Å². The average molecular weight is 233 g/mol. The molecule has 1 aromatic rings. The van der Waals surface area contributed by atoms with E-state index >= 15 is 0 Å². The molecule has 3 nitrogen and oxygen atoms in total. The standard InChI is InChI=1S/C14H19NO2/c1-10(11-6-2-3-7-11)15-14(17)12-8-4-5-9-13(12)16/h4-5,8-11,16H,2-3,6-7H2,1H3,(H,15,17). The summed E-state index contributed by atoms with van der Waals surface area (Å²) in [6.07, 6.45) is 4.92. The molecule has 1 aliphatic rings. The molecular formula is C14H19NO2. The molecule has 2 N–H and O–H groups in total. The third kappa shape index (κ3) is 2.78. The van der Waals surface area contributed by atoms with Gasteiger partial charge in [-0.05, 0) is 37.8 Å². The number of nitrogens with one attached hydrogen (secondary N) is 1. The van der Waals surface area contributed by atoms with Gasteiger partial charge in [-0.15, -0.1) is 0 Å². The number of carbonyl (C=O) groups is 1. The van der Waals surface area contributed by atoms with E-state index in [0.29, 0.717) is 11.5 Å². The second-order valence-corrected chi connectivity index (χ2v) is 4.82. The lowest BCUT2D eigenvalue weighted by molar-refractivity contribution is 0.0924. The van der Waals surface area contributed by atoms with Gasteiger partial charge in [-0.25, -0.2) is 0 Å². The first-order valence-corrected chi connectivity index (χ1v) is 6.27. The first kappa shape index (κ1) is 12.0. The molecule has 92 valence electrons. The Morgan fingerprint density at radius 1 is 1.35 bits per heavy atom. The molecule has 3 heteroatoms. The maximum absolute atomic E-state index is 12.0. The lowest BCUT2D eigenvalue weighted by Gasteiger charge is -2.20. The molecule has 1 aromatic carbocycles. The van der Waals surface area contributed by atoms with Gasteiger partial charge in [0.05, 0.1) is 5.56 Å². The van der Waals surface area contributed by atoms with Gasteiger partial charge in [-0.2, -0.15) is 0 Å². The van der Waals surface area contributed by atoms with Crippen molar-refractivity contribution in [3.05, 3.63) is 29.8 Å². The zero-order valence-corrected chi connectivity index (χ0v) is 10.1. The normalized spacial score (nSPS) is 17.9. The number of carbonyl (C=O) groups excluding carboxylic acids is 1. The Kier molecular flexibility index (Phi) is 3.67. The fourth-order valence-electron chi connectivity index (χ4n) is 2.53. The first-order valence-electron chi connectivity index (χ1n) is 6.27. The molecule has 0 bridgehead atoms. The first-order chi connectivity index (χ1) is 8.18. The predicted molar refractivity (Wildman–Crippen MR) is 67.0 cm³/mol. The Morgan fingerprint density at radius 2 is 2.00 bits per heavy atom. The van der Waals surface area contributed by atoms with Crippen LogP contribution in [-0.2, 0) is 0 Å². The number of para-hydroxylation sites is 1. The van der Waals surface area contributed by atoms with Crippen molar-refractivity contribution in [3.8, 4) is 5.75 Å². The quantitative estimate of drug-likeness (QED) is 0.843. The molecule has 17 heavy (non-hydrogen) atoms. The fourth-order valence-corrected chi connectivity index (χ4v) is 2.53. The van der Waals surface area contributed by atoms with Gasteiger partial charge >= 0.3 is 0 Å². The minimum Gasteiger partial charge on any atom is -0.507 e. The third-order valence-electron chi connectivity index (χ3n) is 3.61. The van der Waals surface area contributed by atoms with Gasteiger partial charge in [-0.3, -0.25) is 4.79 Å². The maximum atomic E-state index is 12.0. The average Bonchev–Trinajstić information content (AvgIpc) is 2.82. The summed E-state index contributed by atoms with van der Waals surface area (Å²) < 4.78 is 0. The number of benzene rings is 1. The van der Waals surface area contributed by atoms with Crippen LogP contribution in [0.1, 0.15) is 43.0 Å². The smallest absolute Gasteiger partial charge is 0.255 e. The van der Waals surface area contributed by atoms with E-state index in [1.165, 1.54) is 31.7 Å². The van der Waals surface area contributed by atoms with Gasteiger partial charge in [-0.1, -0.05) is 25.0 Å². The summed E-state index contributed by atoms with van der Waals surface area (Å²) in [6, 6.07) is 6.84. The molecule has 0 aromatic heterocycles. The van der Waals surface area contributed by atoms with Crippen molar-refractivity contribution in [2.45, 2.75) is 38.6 Å². The molecule has 1 atom stereocenters. The van der Waals surface area contributed by atoms with Crippen LogP contribution in [-0.4, -0.2) is 17.1 Å². The molecule has 1 unspecified atom stereocenters. The SMILES string of the molecule is CC(NC(=O)c1ccccc1O)C1CCCC1. The van der Waals surface area contributed by atoms with Crippen molar-refractivity contribution in [1.29, 1.82) is 0 Å². The molecule has 1 amide bonds. The van der Waals surface area contributed by atoms with Gasteiger partial charge in [0.25, 0.3) is 5.91 Å². The molecule has 0 saturated heterocycles. The van der Waals surface area contributed by atoms with Crippen LogP contribution in [0.5, 0.6) is 5.75 Å². The van der Waals surface area contributed by atoms with Crippen LogP contribution in [0.3, 0.4) is 0 Å². The summed E-state index contributed by atoms with van der Waals surface area (Å²) >= 11 is 0. The molecule has 1 saturated carbocycles. The summed E-state index contributed by atoms with van der Waals surface area (Å²) in [5.41, 5.74) is 0.359.